The molecule has 0 aromatic rings. The van der Waals surface area contributed by atoms with Crippen LogP contribution in [0.1, 0.15) is 33.6 Å². The molecular weight excluding hydrogens is 168 g/mol. The number of hydrogen-bond donors (Lipinski definition) is 3. The Kier molecular flexibility index (Phi) is 6.32. The van der Waals surface area contributed by atoms with Gasteiger partial charge in [-0.05, 0) is 20.3 Å². The Bertz CT molecular complexity index is 149. The summed E-state index contributed by atoms with van der Waals surface area (Å²) in [5.74, 6) is 0. The predicted molar refractivity (Wildman–Crippen MR) is 52.6 cm³/mol. The molecule has 1 unspecified atom stereocenters. The lowest BCUT2D eigenvalue weighted by Crippen LogP contribution is -2.42. The van der Waals surface area contributed by atoms with Crippen LogP contribution in [0.15, 0.2) is 0 Å². The second-order valence-electron chi connectivity index (χ2n) is 3.45. The van der Waals surface area contributed by atoms with Gasteiger partial charge in [0.1, 0.15) is 0 Å². The summed E-state index contributed by atoms with van der Waals surface area (Å²) in [6.45, 7) is 6.11. The molecule has 0 aromatic heterocycles. The van der Waals surface area contributed by atoms with Crippen LogP contribution >= 0.6 is 0 Å². The summed E-state index contributed by atoms with van der Waals surface area (Å²) in [4.78, 5) is 11.0. The first kappa shape index (κ1) is 12.2. The van der Waals surface area contributed by atoms with E-state index in [4.69, 9.17) is 0 Å². The Labute approximate surface area is 79.7 Å². The van der Waals surface area contributed by atoms with Crippen LogP contribution < -0.4 is 10.6 Å². The lowest BCUT2D eigenvalue weighted by atomic mass is 10.2. The van der Waals surface area contributed by atoms with Gasteiger partial charge in [-0.2, -0.15) is 0 Å². The highest BCUT2D eigenvalue weighted by atomic mass is 16.3. The van der Waals surface area contributed by atoms with Crippen molar-refractivity contribution in [2.45, 2.75) is 45.8 Å². The fourth-order valence-electron chi connectivity index (χ4n) is 0.959. The minimum Gasteiger partial charge on any atom is -0.391 e. The number of urea groups is 1. The third kappa shape index (κ3) is 7.59. The highest BCUT2D eigenvalue weighted by molar-refractivity contribution is 5.74. The first-order valence-electron chi connectivity index (χ1n) is 4.78. The van der Waals surface area contributed by atoms with E-state index in [1.807, 2.05) is 20.8 Å². The van der Waals surface area contributed by atoms with Gasteiger partial charge in [0.2, 0.25) is 0 Å². The Morgan fingerprint density at radius 2 is 2.08 bits per heavy atom. The van der Waals surface area contributed by atoms with Crippen LogP contribution in [0.2, 0.25) is 0 Å². The van der Waals surface area contributed by atoms with Gasteiger partial charge in [0.05, 0.1) is 6.10 Å². The number of carbonyl (C=O) groups excluding carboxylic acids is 1. The minimum absolute atomic E-state index is 0.128. The van der Waals surface area contributed by atoms with Crippen LogP contribution in [0.5, 0.6) is 0 Å². The van der Waals surface area contributed by atoms with E-state index in [0.29, 0.717) is 6.54 Å². The summed E-state index contributed by atoms with van der Waals surface area (Å²) in [5.41, 5.74) is 0. The van der Waals surface area contributed by atoms with Gasteiger partial charge in [0.15, 0.2) is 0 Å². The van der Waals surface area contributed by atoms with Crippen LogP contribution in [0.3, 0.4) is 0 Å². The lowest BCUT2D eigenvalue weighted by molar-refractivity contribution is 0.160. The molecule has 0 heterocycles. The Hall–Kier alpha value is -0.770. The summed E-state index contributed by atoms with van der Waals surface area (Å²) in [6.07, 6.45) is 1.22. The number of carbonyl (C=O) groups is 1. The highest BCUT2D eigenvalue weighted by Gasteiger charge is 2.05. The average Bonchev–Trinajstić information content (AvgIpc) is 2.00. The van der Waals surface area contributed by atoms with Crippen LogP contribution in [-0.2, 0) is 0 Å². The number of amides is 2. The van der Waals surface area contributed by atoms with Crippen molar-refractivity contribution in [3.63, 3.8) is 0 Å². The second-order valence-corrected chi connectivity index (χ2v) is 3.45. The van der Waals surface area contributed by atoms with Gasteiger partial charge < -0.3 is 15.7 Å². The van der Waals surface area contributed by atoms with E-state index in [2.05, 4.69) is 10.6 Å². The maximum absolute atomic E-state index is 11.0. The molecule has 0 aliphatic carbocycles. The molecular formula is C9H20N2O2. The molecule has 0 aromatic carbocycles. The predicted octanol–water partition coefficient (Wildman–Crippen LogP) is 0.855. The molecule has 0 spiro atoms. The quantitative estimate of drug-likeness (QED) is 0.599. The summed E-state index contributed by atoms with van der Waals surface area (Å²) in [6, 6.07) is -0.0894. The molecule has 4 nitrogen and oxygen atoms in total. The van der Waals surface area contributed by atoms with E-state index in [0.717, 1.165) is 12.8 Å². The van der Waals surface area contributed by atoms with E-state index >= 15 is 0 Å². The lowest BCUT2D eigenvalue weighted by Gasteiger charge is -2.13. The molecule has 0 saturated heterocycles. The fourth-order valence-corrected chi connectivity index (χ4v) is 0.959. The van der Waals surface area contributed by atoms with E-state index in [9.17, 15) is 9.90 Å². The second kappa shape index (κ2) is 6.71. The Morgan fingerprint density at radius 1 is 1.46 bits per heavy atom. The van der Waals surface area contributed by atoms with Crippen molar-refractivity contribution in [3.05, 3.63) is 0 Å². The maximum Gasteiger partial charge on any atom is 0.315 e. The van der Waals surface area contributed by atoms with Gasteiger partial charge in [-0.1, -0.05) is 13.3 Å². The molecule has 0 bridgehead atoms. The maximum atomic E-state index is 11.0. The molecule has 0 fully saturated rings. The van der Waals surface area contributed by atoms with Crippen molar-refractivity contribution in [1.29, 1.82) is 0 Å². The van der Waals surface area contributed by atoms with Crippen molar-refractivity contribution in [3.8, 4) is 0 Å². The van der Waals surface area contributed by atoms with Crippen LogP contribution in [-0.4, -0.2) is 29.8 Å². The SMILES string of the molecule is CCCC(O)CNC(=O)NC(C)C. The van der Waals surface area contributed by atoms with E-state index < -0.39 is 6.10 Å². The van der Waals surface area contributed by atoms with Gasteiger partial charge in [0.25, 0.3) is 0 Å². The average molecular weight is 188 g/mol. The zero-order chi connectivity index (χ0) is 10.3. The molecule has 0 radical (unpaired) electrons. The van der Waals surface area contributed by atoms with Crippen LogP contribution in [0.4, 0.5) is 4.79 Å². The largest absolute Gasteiger partial charge is 0.391 e. The third-order valence-corrected chi connectivity index (χ3v) is 1.54. The minimum atomic E-state index is -0.428. The zero-order valence-electron chi connectivity index (χ0n) is 8.63. The first-order chi connectivity index (χ1) is 6.06. The van der Waals surface area contributed by atoms with E-state index in [1.54, 1.807) is 0 Å². The Morgan fingerprint density at radius 3 is 2.54 bits per heavy atom. The normalized spacial score (nSPS) is 12.7. The summed E-state index contributed by atoms with van der Waals surface area (Å²) in [7, 11) is 0. The Balaban J connectivity index is 3.46. The standard InChI is InChI=1S/C9H20N2O2/c1-4-5-8(12)6-10-9(13)11-7(2)3/h7-8,12H,4-6H2,1-3H3,(H2,10,11,13). The molecule has 0 saturated carbocycles. The molecule has 0 aliphatic rings. The highest BCUT2D eigenvalue weighted by Crippen LogP contribution is 1.93. The molecule has 3 N–H and O–H groups in total. The fraction of sp³-hybridized carbons (Fsp3) is 0.889. The van der Waals surface area contributed by atoms with Gasteiger partial charge >= 0.3 is 6.03 Å². The van der Waals surface area contributed by atoms with E-state index in [1.165, 1.54) is 0 Å². The smallest absolute Gasteiger partial charge is 0.315 e. The van der Waals surface area contributed by atoms with Gasteiger partial charge in [-0.3, -0.25) is 0 Å². The zero-order valence-corrected chi connectivity index (χ0v) is 8.63. The summed E-state index contributed by atoms with van der Waals surface area (Å²) >= 11 is 0. The van der Waals surface area contributed by atoms with Crippen LogP contribution in [0, 0.1) is 0 Å². The summed E-state index contributed by atoms with van der Waals surface area (Å²) in [5, 5.41) is 14.6. The van der Waals surface area contributed by atoms with Crippen molar-refractivity contribution < 1.29 is 9.90 Å². The molecule has 2 amide bonds. The third-order valence-electron chi connectivity index (χ3n) is 1.54. The van der Waals surface area contributed by atoms with Crippen molar-refractivity contribution in [2.24, 2.45) is 0 Å². The molecule has 1 atom stereocenters. The summed E-state index contributed by atoms with van der Waals surface area (Å²) < 4.78 is 0. The molecule has 78 valence electrons. The van der Waals surface area contributed by atoms with Crippen molar-refractivity contribution in [1.82, 2.24) is 10.6 Å². The molecule has 13 heavy (non-hydrogen) atoms. The number of aliphatic hydroxyl groups is 1. The van der Waals surface area contributed by atoms with Crippen molar-refractivity contribution in [2.75, 3.05) is 6.54 Å². The molecule has 4 heteroatoms. The van der Waals surface area contributed by atoms with Crippen molar-refractivity contribution >= 4 is 6.03 Å². The molecule has 0 rings (SSSR count). The topological polar surface area (TPSA) is 61.4 Å². The van der Waals surface area contributed by atoms with E-state index in [-0.39, 0.29) is 12.1 Å². The van der Waals surface area contributed by atoms with Gasteiger partial charge in [-0.25, -0.2) is 4.79 Å². The van der Waals surface area contributed by atoms with Crippen LogP contribution in [0.25, 0.3) is 0 Å². The first-order valence-corrected chi connectivity index (χ1v) is 4.78. The molecule has 0 aliphatic heterocycles. The number of rotatable bonds is 5. The number of aliphatic hydroxyl groups excluding tert-OH is 1. The number of nitrogens with one attached hydrogen (secondary N) is 2. The van der Waals surface area contributed by atoms with Gasteiger partial charge in [0, 0.05) is 12.6 Å². The monoisotopic (exact) mass is 188 g/mol. The van der Waals surface area contributed by atoms with Gasteiger partial charge in [-0.15, -0.1) is 0 Å². The number of hydrogen-bond acceptors (Lipinski definition) is 2.